The second kappa shape index (κ2) is 8.87. The van der Waals surface area contributed by atoms with E-state index in [9.17, 15) is 14.4 Å². The summed E-state index contributed by atoms with van der Waals surface area (Å²) in [4.78, 5) is 37.8. The second-order valence-electron chi connectivity index (χ2n) is 6.67. The van der Waals surface area contributed by atoms with Crippen LogP contribution >= 0.6 is 11.3 Å². The lowest BCUT2D eigenvalue weighted by Crippen LogP contribution is -2.35. The second-order valence-corrected chi connectivity index (χ2v) is 7.62. The SMILES string of the molecule is O=C(/C=C/c1cn(-c2ccccc2)nc1-c1cccs1)OCC(=O)N1CCCC1=O. The Labute approximate surface area is 177 Å². The molecule has 0 radical (unpaired) electrons. The molecule has 4 rings (SSSR count). The number of rotatable bonds is 6. The van der Waals surface area contributed by atoms with E-state index in [4.69, 9.17) is 4.74 Å². The van der Waals surface area contributed by atoms with Crippen molar-refractivity contribution in [2.45, 2.75) is 12.8 Å². The van der Waals surface area contributed by atoms with Crippen molar-refractivity contribution in [3.8, 4) is 16.3 Å². The number of benzene rings is 1. The lowest BCUT2D eigenvalue weighted by Gasteiger charge is -2.12. The molecule has 0 bridgehead atoms. The number of amides is 2. The average molecular weight is 421 g/mol. The molecule has 152 valence electrons. The number of esters is 1. The molecule has 1 saturated heterocycles. The third-order valence-electron chi connectivity index (χ3n) is 4.63. The molecule has 0 saturated carbocycles. The van der Waals surface area contributed by atoms with Crippen molar-refractivity contribution >= 4 is 35.2 Å². The number of hydrogen-bond donors (Lipinski definition) is 0. The van der Waals surface area contributed by atoms with Gasteiger partial charge in [-0.3, -0.25) is 14.5 Å². The van der Waals surface area contributed by atoms with Crippen LogP contribution in [0.3, 0.4) is 0 Å². The first-order chi connectivity index (χ1) is 14.6. The van der Waals surface area contributed by atoms with Crippen LogP contribution in [0.15, 0.2) is 60.1 Å². The molecular formula is C22H19N3O4S. The Bertz CT molecular complexity index is 1090. The van der Waals surface area contributed by atoms with Crippen molar-refractivity contribution in [2.24, 2.45) is 0 Å². The molecule has 2 amide bonds. The fraction of sp³-hybridized carbons (Fsp3) is 0.182. The van der Waals surface area contributed by atoms with Gasteiger partial charge in [0.2, 0.25) is 5.91 Å². The normalized spacial score (nSPS) is 13.9. The predicted molar refractivity (Wildman–Crippen MR) is 113 cm³/mol. The molecule has 3 aromatic rings. The quantitative estimate of drug-likeness (QED) is 0.451. The highest BCUT2D eigenvalue weighted by atomic mass is 32.1. The average Bonchev–Trinajstić information content (AvgIpc) is 3.51. The number of carbonyl (C=O) groups is 3. The summed E-state index contributed by atoms with van der Waals surface area (Å²) in [6.45, 7) is -0.0656. The molecule has 0 atom stereocenters. The summed E-state index contributed by atoms with van der Waals surface area (Å²) in [7, 11) is 0. The van der Waals surface area contributed by atoms with E-state index in [0.29, 0.717) is 19.4 Å². The zero-order chi connectivity index (χ0) is 20.9. The summed E-state index contributed by atoms with van der Waals surface area (Å²) < 4.78 is 6.77. The summed E-state index contributed by atoms with van der Waals surface area (Å²) in [5, 5.41) is 6.62. The van der Waals surface area contributed by atoms with Crippen LogP contribution in [0.2, 0.25) is 0 Å². The number of ether oxygens (including phenoxy) is 1. The molecule has 0 aliphatic carbocycles. The Kier molecular flexibility index (Phi) is 5.85. The van der Waals surface area contributed by atoms with Crippen molar-refractivity contribution in [3.63, 3.8) is 0 Å². The standard InChI is InChI=1S/C22H19N3O4S/c26-19-9-4-12-24(19)20(27)15-29-21(28)11-10-16-14-25(17-6-2-1-3-7-17)23-22(16)18-8-5-13-30-18/h1-3,5-8,10-11,13-14H,4,9,12,15H2/b11-10+. The molecule has 0 unspecified atom stereocenters. The maximum absolute atomic E-state index is 12.1. The van der Waals surface area contributed by atoms with Crippen LogP contribution in [-0.4, -0.2) is 45.6 Å². The zero-order valence-electron chi connectivity index (χ0n) is 16.1. The number of carbonyl (C=O) groups excluding carboxylic acids is 3. The van der Waals surface area contributed by atoms with Gasteiger partial charge in [-0.25, -0.2) is 9.48 Å². The van der Waals surface area contributed by atoms with Gasteiger partial charge < -0.3 is 4.74 Å². The van der Waals surface area contributed by atoms with E-state index in [0.717, 1.165) is 26.7 Å². The van der Waals surface area contributed by atoms with Gasteiger partial charge in [0, 0.05) is 30.8 Å². The maximum atomic E-state index is 12.1. The van der Waals surface area contributed by atoms with E-state index >= 15 is 0 Å². The molecule has 0 N–H and O–H groups in total. The number of imide groups is 1. The van der Waals surface area contributed by atoms with Gasteiger partial charge in [0.05, 0.1) is 10.6 Å². The molecule has 30 heavy (non-hydrogen) atoms. The predicted octanol–water partition coefficient (Wildman–Crippen LogP) is 3.31. The molecule has 7 nitrogen and oxygen atoms in total. The summed E-state index contributed by atoms with van der Waals surface area (Å²) in [5.74, 6) is -1.37. The van der Waals surface area contributed by atoms with Crippen LogP contribution in [0.5, 0.6) is 0 Å². The van der Waals surface area contributed by atoms with Gasteiger partial charge in [0.15, 0.2) is 6.61 Å². The third-order valence-corrected chi connectivity index (χ3v) is 5.51. The molecule has 0 spiro atoms. The summed E-state index contributed by atoms with van der Waals surface area (Å²) in [6.07, 6.45) is 5.73. The Morgan fingerprint density at radius 3 is 2.70 bits per heavy atom. The van der Waals surface area contributed by atoms with E-state index in [1.54, 1.807) is 22.1 Å². The Morgan fingerprint density at radius 2 is 2.00 bits per heavy atom. The molecule has 1 aliphatic rings. The lowest BCUT2D eigenvalue weighted by molar-refractivity contribution is -0.151. The number of para-hydroxylation sites is 1. The van der Waals surface area contributed by atoms with Crippen LogP contribution in [0.25, 0.3) is 22.3 Å². The van der Waals surface area contributed by atoms with Crippen molar-refractivity contribution in [3.05, 3.63) is 65.7 Å². The smallest absolute Gasteiger partial charge is 0.331 e. The fourth-order valence-corrected chi connectivity index (χ4v) is 3.89. The summed E-state index contributed by atoms with van der Waals surface area (Å²) in [5.41, 5.74) is 2.40. The van der Waals surface area contributed by atoms with E-state index in [-0.39, 0.29) is 5.91 Å². The molecule has 1 aliphatic heterocycles. The summed E-state index contributed by atoms with van der Waals surface area (Å²) >= 11 is 1.55. The van der Waals surface area contributed by atoms with Gasteiger partial charge in [-0.05, 0) is 36.1 Å². The molecule has 1 fully saturated rings. The van der Waals surface area contributed by atoms with Gasteiger partial charge in [-0.2, -0.15) is 5.10 Å². The van der Waals surface area contributed by atoms with Crippen LogP contribution < -0.4 is 0 Å². The van der Waals surface area contributed by atoms with Crippen LogP contribution in [0.1, 0.15) is 18.4 Å². The first kappa shape index (κ1) is 19.8. The number of nitrogens with zero attached hydrogens (tertiary/aromatic N) is 3. The highest BCUT2D eigenvalue weighted by Gasteiger charge is 2.26. The molecular weight excluding hydrogens is 402 g/mol. The summed E-state index contributed by atoms with van der Waals surface area (Å²) in [6, 6.07) is 13.6. The van der Waals surface area contributed by atoms with Gasteiger partial charge in [0.1, 0.15) is 5.69 Å². The van der Waals surface area contributed by atoms with Gasteiger partial charge in [0.25, 0.3) is 5.91 Å². The van der Waals surface area contributed by atoms with Crippen molar-refractivity contribution in [1.82, 2.24) is 14.7 Å². The van der Waals surface area contributed by atoms with Gasteiger partial charge in [-0.1, -0.05) is 24.3 Å². The molecule has 3 heterocycles. The van der Waals surface area contributed by atoms with Crippen molar-refractivity contribution in [1.29, 1.82) is 0 Å². The highest BCUT2D eigenvalue weighted by molar-refractivity contribution is 7.13. The lowest BCUT2D eigenvalue weighted by atomic mass is 10.2. The number of likely N-dealkylation sites (tertiary alicyclic amines) is 1. The minimum Gasteiger partial charge on any atom is -0.452 e. The van der Waals surface area contributed by atoms with Crippen LogP contribution in [0, 0.1) is 0 Å². The van der Waals surface area contributed by atoms with Gasteiger partial charge in [-0.15, -0.1) is 11.3 Å². The number of aromatic nitrogens is 2. The molecule has 8 heteroatoms. The van der Waals surface area contributed by atoms with E-state index in [1.807, 2.05) is 54.0 Å². The Morgan fingerprint density at radius 1 is 1.17 bits per heavy atom. The topological polar surface area (TPSA) is 81.5 Å². The first-order valence-electron chi connectivity index (χ1n) is 9.49. The van der Waals surface area contributed by atoms with Gasteiger partial charge >= 0.3 is 5.97 Å². The van der Waals surface area contributed by atoms with Crippen molar-refractivity contribution in [2.75, 3.05) is 13.2 Å². The van der Waals surface area contributed by atoms with Crippen molar-refractivity contribution < 1.29 is 19.1 Å². The highest BCUT2D eigenvalue weighted by Crippen LogP contribution is 2.28. The van der Waals surface area contributed by atoms with E-state index in [1.165, 1.54) is 6.08 Å². The van der Waals surface area contributed by atoms with Crippen LogP contribution in [0.4, 0.5) is 0 Å². The Hall–Kier alpha value is -3.52. The minimum atomic E-state index is -0.653. The minimum absolute atomic E-state index is 0.222. The largest absolute Gasteiger partial charge is 0.452 e. The maximum Gasteiger partial charge on any atom is 0.331 e. The van der Waals surface area contributed by atoms with E-state index in [2.05, 4.69) is 5.10 Å². The van der Waals surface area contributed by atoms with E-state index < -0.39 is 18.5 Å². The molecule has 2 aromatic heterocycles. The Balaban J connectivity index is 1.48. The first-order valence-corrected chi connectivity index (χ1v) is 10.4. The molecule has 1 aromatic carbocycles. The number of hydrogen-bond acceptors (Lipinski definition) is 6. The zero-order valence-corrected chi connectivity index (χ0v) is 16.9. The third kappa shape index (κ3) is 4.38. The monoisotopic (exact) mass is 421 g/mol. The van der Waals surface area contributed by atoms with Crippen LogP contribution in [-0.2, 0) is 19.1 Å². The fourth-order valence-electron chi connectivity index (χ4n) is 3.16. The number of thiophene rings is 1.